The molecule has 1 heterocycles. The van der Waals surface area contributed by atoms with Gasteiger partial charge >= 0.3 is 0 Å². The van der Waals surface area contributed by atoms with Crippen LogP contribution in [0, 0.1) is 11.8 Å². The molecule has 0 aromatic heterocycles. The molecule has 19 heavy (non-hydrogen) atoms. The van der Waals surface area contributed by atoms with Crippen molar-refractivity contribution in [3.63, 3.8) is 0 Å². The van der Waals surface area contributed by atoms with Gasteiger partial charge in [0.15, 0.2) is 0 Å². The molecule has 1 aliphatic carbocycles. The predicted molar refractivity (Wildman–Crippen MR) is 80.2 cm³/mol. The van der Waals surface area contributed by atoms with Crippen LogP contribution in [0.2, 0.25) is 0 Å². The summed E-state index contributed by atoms with van der Waals surface area (Å²) in [4.78, 5) is 2.65. The summed E-state index contributed by atoms with van der Waals surface area (Å²) in [5.41, 5.74) is 6.00. The summed E-state index contributed by atoms with van der Waals surface area (Å²) < 4.78 is 5.78. The highest BCUT2D eigenvalue weighted by molar-refractivity contribution is 4.84. The zero-order valence-corrected chi connectivity index (χ0v) is 13.0. The number of hydrogen-bond acceptors (Lipinski definition) is 3. The Hall–Kier alpha value is -0.120. The fraction of sp³-hybridized carbons (Fsp3) is 1.00. The highest BCUT2D eigenvalue weighted by Gasteiger charge is 2.30. The molecule has 0 spiro atoms. The van der Waals surface area contributed by atoms with E-state index < -0.39 is 0 Å². The summed E-state index contributed by atoms with van der Waals surface area (Å²) in [6, 6.07) is 0.922. The molecule has 1 saturated carbocycles. The summed E-state index contributed by atoms with van der Waals surface area (Å²) in [5, 5.41) is 0. The molecule has 2 rings (SSSR count). The maximum absolute atomic E-state index is 6.00. The lowest BCUT2D eigenvalue weighted by Crippen LogP contribution is -2.52. The van der Waals surface area contributed by atoms with Crippen molar-refractivity contribution < 1.29 is 4.74 Å². The zero-order chi connectivity index (χ0) is 13.8. The smallest absolute Gasteiger partial charge is 0.0850 e. The minimum Gasteiger partial charge on any atom is -0.374 e. The Morgan fingerprint density at radius 1 is 1.11 bits per heavy atom. The van der Waals surface area contributed by atoms with Gasteiger partial charge in [-0.25, -0.2) is 0 Å². The van der Waals surface area contributed by atoms with Crippen molar-refractivity contribution in [1.29, 1.82) is 0 Å². The lowest BCUT2D eigenvalue weighted by molar-refractivity contribution is -0.0535. The van der Waals surface area contributed by atoms with Gasteiger partial charge in [-0.05, 0) is 38.0 Å². The quantitative estimate of drug-likeness (QED) is 0.800. The molecule has 2 fully saturated rings. The van der Waals surface area contributed by atoms with Gasteiger partial charge in [0.2, 0.25) is 0 Å². The van der Waals surface area contributed by atoms with Crippen molar-refractivity contribution in [1.82, 2.24) is 4.90 Å². The third kappa shape index (κ3) is 4.17. The molecular formula is C16H32N2O. The number of hydrogen-bond donors (Lipinski definition) is 1. The van der Waals surface area contributed by atoms with Crippen molar-refractivity contribution in [2.24, 2.45) is 17.6 Å². The first-order valence-corrected chi connectivity index (χ1v) is 8.19. The standard InChI is InChI=1S/C16H32N2O/c1-12(2)14-5-4-6-15(8-7-14)18-9-10-19-16(11-18)13(3)17/h12-16H,4-11,17H2,1-3H3. The van der Waals surface area contributed by atoms with E-state index in [-0.39, 0.29) is 12.1 Å². The fourth-order valence-corrected chi connectivity index (χ4v) is 3.69. The first-order chi connectivity index (χ1) is 9.08. The molecule has 2 N–H and O–H groups in total. The first kappa shape index (κ1) is 15.3. The second-order valence-electron chi connectivity index (χ2n) is 6.93. The molecule has 4 unspecified atom stereocenters. The van der Waals surface area contributed by atoms with Gasteiger partial charge in [-0.1, -0.05) is 26.7 Å². The van der Waals surface area contributed by atoms with Crippen molar-refractivity contribution in [2.45, 2.75) is 71.1 Å². The van der Waals surface area contributed by atoms with Crippen LogP contribution in [0.1, 0.15) is 52.9 Å². The van der Waals surface area contributed by atoms with Crippen LogP contribution in [0.4, 0.5) is 0 Å². The van der Waals surface area contributed by atoms with Crippen LogP contribution in [0.15, 0.2) is 0 Å². The lowest BCUT2D eigenvalue weighted by atomic mass is 9.89. The van der Waals surface area contributed by atoms with E-state index >= 15 is 0 Å². The maximum atomic E-state index is 6.00. The summed E-state index contributed by atoms with van der Waals surface area (Å²) in [6.07, 6.45) is 7.20. The fourth-order valence-electron chi connectivity index (χ4n) is 3.69. The second kappa shape index (κ2) is 7.05. The van der Waals surface area contributed by atoms with Gasteiger partial charge in [-0.3, -0.25) is 4.90 Å². The Kier molecular flexibility index (Phi) is 5.67. The van der Waals surface area contributed by atoms with E-state index in [9.17, 15) is 0 Å². The molecule has 0 aromatic carbocycles. The van der Waals surface area contributed by atoms with Gasteiger partial charge < -0.3 is 10.5 Å². The van der Waals surface area contributed by atoms with E-state index in [0.717, 1.165) is 37.6 Å². The average molecular weight is 268 g/mol. The van der Waals surface area contributed by atoms with Gasteiger partial charge in [0.1, 0.15) is 0 Å². The second-order valence-corrected chi connectivity index (χ2v) is 6.93. The number of rotatable bonds is 3. The van der Waals surface area contributed by atoms with E-state index in [1.54, 1.807) is 0 Å². The Morgan fingerprint density at radius 3 is 2.58 bits per heavy atom. The SMILES string of the molecule is CC(C)C1CCCC(N2CCOC(C(C)N)C2)CC1. The molecule has 1 aliphatic heterocycles. The highest BCUT2D eigenvalue weighted by atomic mass is 16.5. The van der Waals surface area contributed by atoms with Crippen LogP contribution in [-0.4, -0.2) is 42.8 Å². The maximum Gasteiger partial charge on any atom is 0.0850 e. The zero-order valence-electron chi connectivity index (χ0n) is 13.0. The van der Waals surface area contributed by atoms with E-state index in [2.05, 4.69) is 25.7 Å². The van der Waals surface area contributed by atoms with Crippen LogP contribution in [0.3, 0.4) is 0 Å². The Labute approximate surface area is 118 Å². The Balaban J connectivity index is 1.87. The molecular weight excluding hydrogens is 236 g/mol. The summed E-state index contributed by atoms with van der Waals surface area (Å²) >= 11 is 0. The van der Waals surface area contributed by atoms with Crippen molar-refractivity contribution in [3.05, 3.63) is 0 Å². The summed E-state index contributed by atoms with van der Waals surface area (Å²) in [6.45, 7) is 9.82. The molecule has 4 atom stereocenters. The number of nitrogens with zero attached hydrogens (tertiary/aromatic N) is 1. The van der Waals surface area contributed by atoms with E-state index in [4.69, 9.17) is 10.5 Å². The highest BCUT2D eigenvalue weighted by Crippen LogP contribution is 2.31. The lowest BCUT2D eigenvalue weighted by Gasteiger charge is -2.39. The number of nitrogens with two attached hydrogens (primary N) is 1. The van der Waals surface area contributed by atoms with Gasteiger partial charge in [0.05, 0.1) is 12.7 Å². The van der Waals surface area contributed by atoms with Crippen LogP contribution in [0.5, 0.6) is 0 Å². The molecule has 1 saturated heterocycles. The van der Waals surface area contributed by atoms with Crippen molar-refractivity contribution in [2.75, 3.05) is 19.7 Å². The molecule has 0 bridgehead atoms. The molecule has 2 aliphatic rings. The largest absolute Gasteiger partial charge is 0.374 e. The molecule has 112 valence electrons. The minimum atomic E-state index is 0.150. The Morgan fingerprint density at radius 2 is 1.89 bits per heavy atom. The monoisotopic (exact) mass is 268 g/mol. The predicted octanol–water partition coefficient (Wildman–Crippen LogP) is 2.64. The average Bonchev–Trinajstić information content (AvgIpc) is 2.64. The van der Waals surface area contributed by atoms with Gasteiger partial charge in [0.25, 0.3) is 0 Å². The molecule has 0 aromatic rings. The van der Waals surface area contributed by atoms with E-state index in [1.807, 2.05) is 0 Å². The van der Waals surface area contributed by atoms with Crippen LogP contribution in [0.25, 0.3) is 0 Å². The van der Waals surface area contributed by atoms with Crippen LogP contribution >= 0.6 is 0 Å². The van der Waals surface area contributed by atoms with Crippen LogP contribution < -0.4 is 5.73 Å². The van der Waals surface area contributed by atoms with Crippen molar-refractivity contribution in [3.8, 4) is 0 Å². The summed E-state index contributed by atoms with van der Waals surface area (Å²) in [5.74, 6) is 1.79. The van der Waals surface area contributed by atoms with E-state index in [1.165, 1.54) is 32.1 Å². The number of ether oxygens (including phenoxy) is 1. The Bertz CT molecular complexity index is 267. The molecule has 0 radical (unpaired) electrons. The molecule has 3 heteroatoms. The normalized spacial score (nSPS) is 36.2. The van der Waals surface area contributed by atoms with Gasteiger partial charge in [0, 0.05) is 25.2 Å². The molecule has 3 nitrogen and oxygen atoms in total. The van der Waals surface area contributed by atoms with E-state index in [0.29, 0.717) is 0 Å². The van der Waals surface area contributed by atoms with Gasteiger partial charge in [-0.2, -0.15) is 0 Å². The number of morpholine rings is 1. The molecule has 0 amide bonds. The minimum absolute atomic E-state index is 0.150. The van der Waals surface area contributed by atoms with Crippen LogP contribution in [-0.2, 0) is 4.74 Å². The topological polar surface area (TPSA) is 38.5 Å². The summed E-state index contributed by atoms with van der Waals surface area (Å²) in [7, 11) is 0. The van der Waals surface area contributed by atoms with Gasteiger partial charge in [-0.15, -0.1) is 0 Å². The van der Waals surface area contributed by atoms with Crippen molar-refractivity contribution >= 4 is 0 Å². The first-order valence-electron chi connectivity index (χ1n) is 8.19. The third-order valence-corrected chi connectivity index (χ3v) is 5.15. The third-order valence-electron chi connectivity index (χ3n) is 5.15.